The first-order chi connectivity index (χ1) is 13.6. The maximum Gasteiger partial charge on any atom is 0.263 e. The molecule has 5 nitrogen and oxygen atoms in total. The molecule has 2 aromatic rings. The number of carbonyl (C=O) groups excluding carboxylic acids is 2. The van der Waals surface area contributed by atoms with Gasteiger partial charge in [0.2, 0.25) is 5.91 Å². The topological polar surface area (TPSA) is 43.9 Å². The Hall–Kier alpha value is -2.05. The number of hydrogen-bond acceptors (Lipinski definition) is 4. The van der Waals surface area contributed by atoms with E-state index in [0.29, 0.717) is 19.6 Å². The molecule has 1 aromatic heterocycles. The molecule has 3 heterocycles. The number of amides is 2. The number of carbonyl (C=O) groups is 2. The van der Waals surface area contributed by atoms with Gasteiger partial charge in [-0.25, -0.2) is 0 Å². The number of piperidine rings is 1. The monoisotopic (exact) mass is 417 g/mol. The zero-order valence-electron chi connectivity index (χ0n) is 15.7. The van der Waals surface area contributed by atoms with Crippen molar-refractivity contribution in [3.63, 3.8) is 0 Å². The fraction of sp³-hybridized carbons (Fsp3) is 0.429. The summed E-state index contributed by atoms with van der Waals surface area (Å²) < 4.78 is 0. The summed E-state index contributed by atoms with van der Waals surface area (Å²) in [7, 11) is 0. The van der Waals surface area contributed by atoms with Crippen LogP contribution < -0.4 is 4.90 Å². The molecule has 0 spiro atoms. The van der Waals surface area contributed by atoms with E-state index in [9.17, 15) is 9.59 Å². The van der Waals surface area contributed by atoms with Crippen LogP contribution in [0.5, 0.6) is 0 Å². The number of piperazine rings is 1. The average molecular weight is 418 g/mol. The van der Waals surface area contributed by atoms with Crippen molar-refractivity contribution in [2.24, 2.45) is 5.92 Å². The molecule has 148 valence electrons. The van der Waals surface area contributed by atoms with E-state index in [1.54, 1.807) is 0 Å². The van der Waals surface area contributed by atoms with E-state index < -0.39 is 0 Å². The number of anilines is 1. The molecule has 1 aromatic carbocycles. The van der Waals surface area contributed by atoms with Gasteiger partial charge in [-0.05, 0) is 42.5 Å². The number of likely N-dealkylation sites (tertiary alicyclic amines) is 1. The first-order valence-electron chi connectivity index (χ1n) is 9.74. The number of benzene rings is 1. The summed E-state index contributed by atoms with van der Waals surface area (Å²) in [4.78, 5) is 32.5. The summed E-state index contributed by atoms with van der Waals surface area (Å²) in [5.41, 5.74) is 1.10. The summed E-state index contributed by atoms with van der Waals surface area (Å²) >= 11 is 7.56. The van der Waals surface area contributed by atoms with Gasteiger partial charge in [0, 0.05) is 50.0 Å². The molecule has 2 fully saturated rings. The van der Waals surface area contributed by atoms with Crippen molar-refractivity contribution in [2.75, 3.05) is 44.2 Å². The number of hydrogen-bond donors (Lipinski definition) is 0. The molecule has 2 amide bonds. The highest BCUT2D eigenvalue weighted by atomic mass is 35.5. The molecule has 2 aliphatic heterocycles. The maximum absolute atomic E-state index is 13.1. The Kier molecular flexibility index (Phi) is 5.87. The van der Waals surface area contributed by atoms with Crippen molar-refractivity contribution >= 4 is 40.4 Å². The molecular formula is C21H24ClN3O2S. The summed E-state index contributed by atoms with van der Waals surface area (Å²) in [6, 6.07) is 11.6. The molecule has 0 N–H and O–H groups in total. The predicted octanol–water partition coefficient (Wildman–Crippen LogP) is 3.60. The lowest BCUT2D eigenvalue weighted by molar-refractivity contribution is -0.137. The van der Waals surface area contributed by atoms with Crippen LogP contribution in [0.15, 0.2) is 41.8 Å². The van der Waals surface area contributed by atoms with Gasteiger partial charge in [-0.1, -0.05) is 23.7 Å². The highest BCUT2D eigenvalue weighted by Gasteiger charge is 2.33. The quantitative estimate of drug-likeness (QED) is 0.766. The SMILES string of the molecule is O=C(c1cccs1)N1CCCC(C(=O)N2CCN(c3cccc(Cl)c3)CC2)C1. The van der Waals surface area contributed by atoms with E-state index in [1.807, 2.05) is 45.5 Å². The lowest BCUT2D eigenvalue weighted by atomic mass is 9.96. The Bertz CT molecular complexity index is 834. The normalized spacial score (nSPS) is 20.3. The van der Waals surface area contributed by atoms with E-state index >= 15 is 0 Å². The van der Waals surface area contributed by atoms with Crippen molar-refractivity contribution in [3.05, 3.63) is 51.7 Å². The molecule has 2 saturated heterocycles. The molecule has 0 aliphatic carbocycles. The molecule has 0 saturated carbocycles. The van der Waals surface area contributed by atoms with E-state index in [-0.39, 0.29) is 17.7 Å². The van der Waals surface area contributed by atoms with E-state index in [1.165, 1.54) is 11.3 Å². The van der Waals surface area contributed by atoms with Gasteiger partial charge in [0.15, 0.2) is 0 Å². The van der Waals surface area contributed by atoms with Crippen molar-refractivity contribution in [3.8, 4) is 0 Å². The summed E-state index contributed by atoms with van der Waals surface area (Å²) in [6.45, 7) is 4.29. The van der Waals surface area contributed by atoms with Gasteiger partial charge >= 0.3 is 0 Å². The smallest absolute Gasteiger partial charge is 0.263 e. The van der Waals surface area contributed by atoms with Crippen LogP contribution in [0, 0.1) is 5.92 Å². The first-order valence-corrected chi connectivity index (χ1v) is 11.0. The average Bonchev–Trinajstić information content (AvgIpc) is 3.28. The molecule has 1 unspecified atom stereocenters. The second-order valence-corrected chi connectivity index (χ2v) is 8.74. The summed E-state index contributed by atoms with van der Waals surface area (Å²) in [5, 5.41) is 2.65. The second-order valence-electron chi connectivity index (χ2n) is 7.36. The lowest BCUT2D eigenvalue weighted by Gasteiger charge is -2.39. The van der Waals surface area contributed by atoms with Crippen molar-refractivity contribution < 1.29 is 9.59 Å². The molecule has 7 heteroatoms. The minimum absolute atomic E-state index is 0.0540. The van der Waals surface area contributed by atoms with Gasteiger partial charge < -0.3 is 14.7 Å². The standard InChI is InChI=1S/C21H24ClN3O2S/c22-17-5-1-6-18(14-17)23-9-11-24(12-10-23)20(26)16-4-2-8-25(15-16)21(27)19-7-3-13-28-19/h1,3,5-7,13-14,16H,2,4,8-12,15H2. The maximum atomic E-state index is 13.1. The zero-order chi connectivity index (χ0) is 19.5. The van der Waals surface area contributed by atoms with Crippen LogP contribution in [0.25, 0.3) is 0 Å². The Morgan fingerprint density at radius 3 is 2.54 bits per heavy atom. The van der Waals surface area contributed by atoms with Gasteiger partial charge in [-0.3, -0.25) is 9.59 Å². The zero-order valence-corrected chi connectivity index (χ0v) is 17.3. The third-order valence-corrected chi connectivity index (χ3v) is 6.65. The number of halogens is 1. The van der Waals surface area contributed by atoms with Crippen LogP contribution in [0.4, 0.5) is 5.69 Å². The Morgan fingerprint density at radius 1 is 1.00 bits per heavy atom. The molecule has 0 radical (unpaired) electrons. The van der Waals surface area contributed by atoms with E-state index in [4.69, 9.17) is 11.6 Å². The molecule has 2 aliphatic rings. The van der Waals surface area contributed by atoms with Crippen LogP contribution in [-0.4, -0.2) is 60.9 Å². The molecule has 1 atom stereocenters. The highest BCUT2D eigenvalue weighted by Crippen LogP contribution is 2.24. The Morgan fingerprint density at radius 2 is 1.82 bits per heavy atom. The fourth-order valence-corrected chi connectivity index (χ4v) is 4.91. The molecule has 4 rings (SSSR count). The fourth-order valence-electron chi connectivity index (χ4n) is 4.04. The number of rotatable bonds is 3. The number of nitrogens with zero attached hydrogens (tertiary/aromatic N) is 3. The van der Waals surface area contributed by atoms with Gasteiger partial charge in [0.25, 0.3) is 5.91 Å². The highest BCUT2D eigenvalue weighted by molar-refractivity contribution is 7.12. The minimum Gasteiger partial charge on any atom is -0.368 e. The Labute approximate surface area is 174 Å². The van der Waals surface area contributed by atoms with Gasteiger partial charge in [-0.2, -0.15) is 0 Å². The van der Waals surface area contributed by atoms with Gasteiger partial charge in [0.05, 0.1) is 10.8 Å². The lowest BCUT2D eigenvalue weighted by Crippen LogP contribution is -2.53. The Balaban J connectivity index is 1.34. The third-order valence-electron chi connectivity index (χ3n) is 5.55. The molecule has 0 bridgehead atoms. The van der Waals surface area contributed by atoms with Crippen LogP contribution in [0.1, 0.15) is 22.5 Å². The first kappa shape index (κ1) is 19.3. The van der Waals surface area contributed by atoms with E-state index in [2.05, 4.69) is 11.0 Å². The summed E-state index contributed by atoms with van der Waals surface area (Å²) in [6.07, 6.45) is 1.75. The van der Waals surface area contributed by atoms with Gasteiger partial charge in [0.1, 0.15) is 0 Å². The molecular weight excluding hydrogens is 394 g/mol. The largest absolute Gasteiger partial charge is 0.368 e. The van der Waals surface area contributed by atoms with Crippen LogP contribution in [0.3, 0.4) is 0 Å². The van der Waals surface area contributed by atoms with Gasteiger partial charge in [-0.15, -0.1) is 11.3 Å². The van der Waals surface area contributed by atoms with Crippen molar-refractivity contribution in [1.82, 2.24) is 9.80 Å². The number of thiophene rings is 1. The predicted molar refractivity (Wildman–Crippen MR) is 113 cm³/mol. The third kappa shape index (κ3) is 4.18. The minimum atomic E-state index is -0.0876. The van der Waals surface area contributed by atoms with E-state index in [0.717, 1.165) is 48.1 Å². The van der Waals surface area contributed by atoms with Crippen molar-refractivity contribution in [1.29, 1.82) is 0 Å². The van der Waals surface area contributed by atoms with Crippen LogP contribution in [0.2, 0.25) is 5.02 Å². The van der Waals surface area contributed by atoms with Crippen LogP contribution >= 0.6 is 22.9 Å². The summed E-state index contributed by atoms with van der Waals surface area (Å²) in [5.74, 6) is 0.156. The van der Waals surface area contributed by atoms with Crippen molar-refractivity contribution in [2.45, 2.75) is 12.8 Å². The van der Waals surface area contributed by atoms with Crippen LogP contribution in [-0.2, 0) is 4.79 Å². The second kappa shape index (κ2) is 8.53. The molecule has 28 heavy (non-hydrogen) atoms.